The molecule has 1 heteroatoms. The van der Waals surface area contributed by atoms with E-state index in [1.807, 2.05) is 7.11 Å². The highest BCUT2D eigenvalue weighted by Gasteiger charge is 2.33. The average Bonchev–Trinajstić information content (AvgIpc) is 2.48. The first-order valence-corrected chi connectivity index (χ1v) is 9.27. The molecule has 0 bridgehead atoms. The Hall–Kier alpha value is -0.0400. The summed E-state index contributed by atoms with van der Waals surface area (Å²) in [5, 5.41) is 0. The fraction of sp³-hybridized carbons (Fsp3) is 1.00. The molecule has 0 radical (unpaired) electrons. The van der Waals surface area contributed by atoms with Crippen LogP contribution < -0.4 is 0 Å². The molecule has 0 aromatic carbocycles. The predicted molar refractivity (Wildman–Crippen MR) is 86.9 cm³/mol. The standard InChI is InChI=1S/C19H36O/c1-4-5-6-7-16-8-10-17(11-9-16)18-12-13-19(20-3)15(2)14-18/h15-19H,4-14H2,1-3H3. The van der Waals surface area contributed by atoms with Gasteiger partial charge in [-0.15, -0.1) is 0 Å². The van der Waals surface area contributed by atoms with E-state index in [4.69, 9.17) is 4.74 Å². The molecular formula is C19H36O. The van der Waals surface area contributed by atoms with E-state index in [1.54, 1.807) is 0 Å². The van der Waals surface area contributed by atoms with Gasteiger partial charge in [-0.2, -0.15) is 0 Å². The Kier molecular flexibility index (Phi) is 6.87. The van der Waals surface area contributed by atoms with Gasteiger partial charge in [0, 0.05) is 7.11 Å². The van der Waals surface area contributed by atoms with Crippen LogP contribution in [0.25, 0.3) is 0 Å². The Balaban J connectivity index is 1.69. The lowest BCUT2D eigenvalue weighted by atomic mass is 9.68. The van der Waals surface area contributed by atoms with Crippen LogP contribution in [0.4, 0.5) is 0 Å². The molecule has 0 amide bonds. The summed E-state index contributed by atoms with van der Waals surface area (Å²) >= 11 is 0. The van der Waals surface area contributed by atoms with Crippen molar-refractivity contribution in [3.8, 4) is 0 Å². The number of hydrogen-bond donors (Lipinski definition) is 0. The summed E-state index contributed by atoms with van der Waals surface area (Å²) in [6.07, 6.45) is 16.6. The van der Waals surface area contributed by atoms with Crippen molar-refractivity contribution in [3.63, 3.8) is 0 Å². The SMILES string of the molecule is CCCCCC1CCC(C2CCC(OC)C(C)C2)CC1. The maximum atomic E-state index is 5.61. The fourth-order valence-corrected chi connectivity index (χ4v) is 4.82. The zero-order chi connectivity index (χ0) is 14.4. The van der Waals surface area contributed by atoms with Crippen LogP contribution >= 0.6 is 0 Å². The highest BCUT2D eigenvalue weighted by molar-refractivity contribution is 4.84. The van der Waals surface area contributed by atoms with Gasteiger partial charge in [0.2, 0.25) is 0 Å². The van der Waals surface area contributed by atoms with Crippen molar-refractivity contribution in [3.05, 3.63) is 0 Å². The lowest BCUT2D eigenvalue weighted by molar-refractivity contribution is -0.000228. The van der Waals surface area contributed by atoms with Gasteiger partial charge in [0.15, 0.2) is 0 Å². The zero-order valence-electron chi connectivity index (χ0n) is 14.1. The van der Waals surface area contributed by atoms with Crippen LogP contribution in [-0.4, -0.2) is 13.2 Å². The van der Waals surface area contributed by atoms with Gasteiger partial charge in [-0.1, -0.05) is 52.4 Å². The maximum absolute atomic E-state index is 5.61. The van der Waals surface area contributed by atoms with Gasteiger partial charge < -0.3 is 4.74 Å². The zero-order valence-corrected chi connectivity index (χ0v) is 14.1. The Morgan fingerprint density at radius 1 is 0.900 bits per heavy atom. The molecule has 2 fully saturated rings. The first-order chi connectivity index (χ1) is 9.74. The third-order valence-electron chi connectivity index (χ3n) is 6.21. The molecule has 20 heavy (non-hydrogen) atoms. The van der Waals surface area contributed by atoms with Crippen molar-refractivity contribution in [1.82, 2.24) is 0 Å². The predicted octanol–water partition coefficient (Wildman–Crippen LogP) is 5.82. The van der Waals surface area contributed by atoms with Crippen LogP contribution in [0.1, 0.15) is 84.5 Å². The molecule has 0 N–H and O–H groups in total. The van der Waals surface area contributed by atoms with Crippen LogP contribution in [0.3, 0.4) is 0 Å². The molecule has 0 aromatic rings. The van der Waals surface area contributed by atoms with Crippen molar-refractivity contribution in [2.45, 2.75) is 90.6 Å². The Bertz CT molecular complexity index is 254. The lowest BCUT2D eigenvalue weighted by Crippen LogP contribution is -2.33. The van der Waals surface area contributed by atoms with E-state index >= 15 is 0 Å². The monoisotopic (exact) mass is 280 g/mol. The molecule has 0 spiro atoms. The smallest absolute Gasteiger partial charge is 0.0597 e. The number of ether oxygens (including phenoxy) is 1. The second kappa shape index (κ2) is 8.41. The molecule has 0 heterocycles. The maximum Gasteiger partial charge on any atom is 0.0597 e. The molecule has 2 rings (SSSR count). The highest BCUT2D eigenvalue weighted by atomic mass is 16.5. The van der Waals surface area contributed by atoms with Crippen molar-refractivity contribution in [1.29, 1.82) is 0 Å². The molecule has 0 saturated heterocycles. The Morgan fingerprint density at radius 3 is 2.20 bits per heavy atom. The molecule has 3 unspecified atom stereocenters. The van der Waals surface area contributed by atoms with Gasteiger partial charge in [-0.3, -0.25) is 0 Å². The molecule has 3 atom stereocenters. The highest BCUT2D eigenvalue weighted by Crippen LogP contribution is 2.43. The first kappa shape index (κ1) is 16.3. The van der Waals surface area contributed by atoms with Gasteiger partial charge in [0.25, 0.3) is 0 Å². The summed E-state index contributed by atoms with van der Waals surface area (Å²) in [4.78, 5) is 0. The van der Waals surface area contributed by atoms with Crippen molar-refractivity contribution in [2.75, 3.05) is 7.11 Å². The van der Waals surface area contributed by atoms with Gasteiger partial charge in [0.1, 0.15) is 0 Å². The summed E-state index contributed by atoms with van der Waals surface area (Å²) in [5.41, 5.74) is 0. The Morgan fingerprint density at radius 2 is 1.60 bits per heavy atom. The van der Waals surface area contributed by atoms with E-state index in [1.165, 1.54) is 70.6 Å². The summed E-state index contributed by atoms with van der Waals surface area (Å²) in [5.74, 6) is 3.89. The largest absolute Gasteiger partial charge is 0.381 e. The fourth-order valence-electron chi connectivity index (χ4n) is 4.82. The number of unbranched alkanes of at least 4 members (excludes halogenated alkanes) is 2. The summed E-state index contributed by atoms with van der Waals surface area (Å²) in [6, 6.07) is 0. The van der Waals surface area contributed by atoms with Gasteiger partial charge in [0.05, 0.1) is 6.10 Å². The van der Waals surface area contributed by atoms with E-state index in [9.17, 15) is 0 Å². The minimum Gasteiger partial charge on any atom is -0.381 e. The lowest BCUT2D eigenvalue weighted by Gasteiger charge is -2.40. The van der Waals surface area contributed by atoms with Crippen LogP contribution in [0, 0.1) is 23.7 Å². The first-order valence-electron chi connectivity index (χ1n) is 9.27. The minimum atomic E-state index is 0.539. The quantitative estimate of drug-likeness (QED) is 0.557. The van der Waals surface area contributed by atoms with Crippen molar-refractivity contribution >= 4 is 0 Å². The molecule has 2 aliphatic carbocycles. The van der Waals surface area contributed by atoms with Crippen LogP contribution in [0.15, 0.2) is 0 Å². The molecule has 2 aliphatic rings. The number of rotatable bonds is 6. The third-order valence-corrected chi connectivity index (χ3v) is 6.21. The van der Waals surface area contributed by atoms with E-state index in [0.29, 0.717) is 6.10 Å². The van der Waals surface area contributed by atoms with E-state index in [0.717, 1.165) is 23.7 Å². The van der Waals surface area contributed by atoms with Gasteiger partial charge in [-0.25, -0.2) is 0 Å². The molecule has 118 valence electrons. The number of methoxy groups -OCH3 is 1. The minimum absolute atomic E-state index is 0.539. The Labute approximate surface area is 126 Å². The molecular weight excluding hydrogens is 244 g/mol. The van der Waals surface area contributed by atoms with E-state index in [2.05, 4.69) is 13.8 Å². The van der Waals surface area contributed by atoms with Crippen LogP contribution in [-0.2, 0) is 4.74 Å². The average molecular weight is 280 g/mol. The second-order valence-corrected chi connectivity index (χ2v) is 7.60. The second-order valence-electron chi connectivity index (χ2n) is 7.60. The van der Waals surface area contributed by atoms with E-state index in [-0.39, 0.29) is 0 Å². The molecule has 0 aliphatic heterocycles. The third kappa shape index (κ3) is 4.48. The summed E-state index contributed by atoms with van der Waals surface area (Å²) in [6.45, 7) is 4.71. The van der Waals surface area contributed by atoms with Gasteiger partial charge in [-0.05, 0) is 55.8 Å². The van der Waals surface area contributed by atoms with Crippen molar-refractivity contribution in [2.24, 2.45) is 23.7 Å². The van der Waals surface area contributed by atoms with Gasteiger partial charge >= 0.3 is 0 Å². The molecule has 2 saturated carbocycles. The summed E-state index contributed by atoms with van der Waals surface area (Å²) in [7, 11) is 1.89. The van der Waals surface area contributed by atoms with Crippen LogP contribution in [0.2, 0.25) is 0 Å². The molecule has 0 aromatic heterocycles. The normalized spacial score (nSPS) is 38.9. The molecule has 1 nitrogen and oxygen atoms in total. The van der Waals surface area contributed by atoms with Crippen molar-refractivity contribution < 1.29 is 4.74 Å². The van der Waals surface area contributed by atoms with Crippen LogP contribution in [0.5, 0.6) is 0 Å². The number of hydrogen-bond acceptors (Lipinski definition) is 1. The topological polar surface area (TPSA) is 9.23 Å². The summed E-state index contributed by atoms with van der Waals surface area (Å²) < 4.78 is 5.61. The van der Waals surface area contributed by atoms with E-state index < -0.39 is 0 Å².